The van der Waals surface area contributed by atoms with Crippen molar-refractivity contribution in [2.75, 3.05) is 24.2 Å². The molecule has 0 saturated carbocycles. The van der Waals surface area contributed by atoms with E-state index in [4.69, 9.17) is 4.74 Å². The molecule has 0 bridgehead atoms. The van der Waals surface area contributed by atoms with Crippen LogP contribution in [-0.4, -0.2) is 34.3 Å². The van der Waals surface area contributed by atoms with Crippen LogP contribution in [0.3, 0.4) is 0 Å². The number of benzene rings is 2. The molecular formula is C19H21NO4S2. The molecule has 0 spiro atoms. The van der Waals surface area contributed by atoms with Gasteiger partial charge in [0, 0.05) is 4.90 Å². The zero-order valence-electron chi connectivity index (χ0n) is 14.9. The number of aryl methyl sites for hydroxylation is 1. The first-order valence-electron chi connectivity index (χ1n) is 7.81. The summed E-state index contributed by atoms with van der Waals surface area (Å²) in [6.07, 6.45) is 3.44. The van der Waals surface area contributed by atoms with E-state index in [2.05, 4.69) is 6.58 Å². The number of hydrogen-bond acceptors (Lipinski definition) is 5. The van der Waals surface area contributed by atoms with Crippen molar-refractivity contribution in [2.24, 2.45) is 0 Å². The first kappa shape index (κ1) is 20.1. The predicted octanol–water partition coefficient (Wildman–Crippen LogP) is 3.88. The number of sulfonamides is 1. The van der Waals surface area contributed by atoms with E-state index < -0.39 is 16.0 Å². The van der Waals surface area contributed by atoms with E-state index in [0.717, 1.165) is 10.5 Å². The van der Waals surface area contributed by atoms with Crippen LogP contribution < -0.4 is 4.31 Å². The van der Waals surface area contributed by atoms with Crippen molar-refractivity contribution in [3.05, 3.63) is 66.2 Å². The summed E-state index contributed by atoms with van der Waals surface area (Å²) in [5.41, 5.74) is 1.43. The minimum atomic E-state index is -3.81. The molecule has 0 aliphatic rings. The van der Waals surface area contributed by atoms with Gasteiger partial charge in [-0.2, -0.15) is 0 Å². The second kappa shape index (κ2) is 8.42. The number of thioether (sulfide) groups is 1. The lowest BCUT2D eigenvalue weighted by Gasteiger charge is -2.25. The fraction of sp³-hybridized carbons (Fsp3) is 0.211. The number of methoxy groups -OCH3 is 1. The van der Waals surface area contributed by atoms with E-state index in [1.165, 1.54) is 35.3 Å². The minimum absolute atomic E-state index is 0.0814. The maximum atomic E-state index is 13.2. The summed E-state index contributed by atoms with van der Waals surface area (Å²) >= 11 is 1.54. The zero-order chi connectivity index (χ0) is 19.3. The molecule has 7 heteroatoms. The molecule has 0 fully saturated rings. The molecule has 0 aliphatic carbocycles. The quantitative estimate of drug-likeness (QED) is 0.407. The third kappa shape index (κ3) is 4.11. The van der Waals surface area contributed by atoms with Gasteiger partial charge in [0.2, 0.25) is 0 Å². The van der Waals surface area contributed by atoms with Crippen molar-refractivity contribution in [1.82, 2.24) is 0 Å². The van der Waals surface area contributed by atoms with Crippen LogP contribution in [-0.2, 0) is 14.8 Å². The summed E-state index contributed by atoms with van der Waals surface area (Å²) in [5.74, 6) is -0.522. The predicted molar refractivity (Wildman–Crippen MR) is 105 cm³/mol. The van der Waals surface area contributed by atoms with E-state index in [1.807, 2.05) is 6.26 Å². The Kier molecular flexibility index (Phi) is 6.50. The molecule has 138 valence electrons. The van der Waals surface area contributed by atoms with E-state index in [9.17, 15) is 13.2 Å². The highest BCUT2D eigenvalue weighted by molar-refractivity contribution is 7.98. The van der Waals surface area contributed by atoms with Crippen molar-refractivity contribution < 1.29 is 17.9 Å². The molecule has 0 aromatic heterocycles. The Morgan fingerprint density at radius 3 is 2.42 bits per heavy atom. The summed E-state index contributed by atoms with van der Waals surface area (Å²) in [6.45, 7) is 5.53. The van der Waals surface area contributed by atoms with Crippen LogP contribution in [0.5, 0.6) is 0 Å². The topological polar surface area (TPSA) is 63.7 Å². The molecule has 0 unspecified atom stereocenters. The second-order valence-corrected chi connectivity index (χ2v) is 8.24. The van der Waals surface area contributed by atoms with Crippen molar-refractivity contribution >= 4 is 33.4 Å². The lowest BCUT2D eigenvalue weighted by atomic mass is 10.1. The van der Waals surface area contributed by atoms with Gasteiger partial charge in [-0.15, -0.1) is 18.3 Å². The molecule has 0 aliphatic heterocycles. The highest BCUT2D eigenvalue weighted by Crippen LogP contribution is 2.29. The largest absolute Gasteiger partial charge is 0.465 e. The van der Waals surface area contributed by atoms with Gasteiger partial charge in [-0.05, 0) is 55.1 Å². The number of anilines is 1. The van der Waals surface area contributed by atoms with E-state index in [1.54, 1.807) is 43.3 Å². The highest BCUT2D eigenvalue weighted by atomic mass is 32.2. The van der Waals surface area contributed by atoms with Gasteiger partial charge < -0.3 is 4.74 Å². The van der Waals surface area contributed by atoms with Crippen molar-refractivity contribution in [2.45, 2.75) is 16.7 Å². The molecule has 0 amide bonds. The average molecular weight is 392 g/mol. The van der Waals surface area contributed by atoms with Crippen LogP contribution in [0.15, 0.2) is 64.9 Å². The fourth-order valence-electron chi connectivity index (χ4n) is 2.44. The van der Waals surface area contributed by atoms with Gasteiger partial charge in [-0.3, -0.25) is 4.31 Å². The number of ether oxygens (including phenoxy) is 1. The summed E-state index contributed by atoms with van der Waals surface area (Å²) in [7, 11) is -2.53. The number of carbonyl (C=O) groups is 1. The summed E-state index contributed by atoms with van der Waals surface area (Å²) in [4.78, 5) is 13.0. The normalized spacial score (nSPS) is 11.0. The molecule has 0 atom stereocenters. The minimum Gasteiger partial charge on any atom is -0.465 e. The Hall–Kier alpha value is -2.25. The number of hydrogen-bond donors (Lipinski definition) is 0. The van der Waals surface area contributed by atoms with Crippen molar-refractivity contribution in [1.29, 1.82) is 0 Å². The maximum Gasteiger partial charge on any atom is 0.337 e. The van der Waals surface area contributed by atoms with Gasteiger partial charge in [0.1, 0.15) is 0 Å². The average Bonchev–Trinajstić information content (AvgIpc) is 2.66. The maximum absolute atomic E-state index is 13.2. The Labute approximate surface area is 158 Å². The van der Waals surface area contributed by atoms with Crippen molar-refractivity contribution in [3.8, 4) is 0 Å². The van der Waals surface area contributed by atoms with Crippen LogP contribution >= 0.6 is 11.8 Å². The smallest absolute Gasteiger partial charge is 0.337 e. The number of carbonyl (C=O) groups excluding carboxylic acids is 1. The first-order chi connectivity index (χ1) is 12.3. The van der Waals surface area contributed by atoms with E-state index >= 15 is 0 Å². The zero-order valence-corrected chi connectivity index (χ0v) is 16.6. The third-order valence-electron chi connectivity index (χ3n) is 3.84. The molecule has 0 saturated heterocycles. The lowest BCUT2D eigenvalue weighted by molar-refractivity contribution is 0.0600. The Morgan fingerprint density at radius 1 is 1.23 bits per heavy atom. The number of rotatable bonds is 7. The Bertz CT molecular complexity index is 906. The number of nitrogens with zero attached hydrogens (tertiary/aromatic N) is 1. The molecular weight excluding hydrogens is 370 g/mol. The molecule has 2 rings (SSSR count). The monoisotopic (exact) mass is 391 g/mol. The van der Waals surface area contributed by atoms with Gasteiger partial charge >= 0.3 is 5.97 Å². The molecule has 5 nitrogen and oxygen atoms in total. The number of esters is 1. The molecule has 0 N–H and O–H groups in total. The highest BCUT2D eigenvalue weighted by Gasteiger charge is 2.26. The molecule has 2 aromatic carbocycles. The summed E-state index contributed by atoms with van der Waals surface area (Å²) in [6, 6.07) is 11.5. The summed E-state index contributed by atoms with van der Waals surface area (Å²) < 4.78 is 32.3. The molecule has 26 heavy (non-hydrogen) atoms. The van der Waals surface area contributed by atoms with Crippen LogP contribution in [0.4, 0.5) is 5.69 Å². The molecule has 2 aromatic rings. The van der Waals surface area contributed by atoms with Crippen LogP contribution in [0.25, 0.3) is 0 Å². The first-order valence-corrected chi connectivity index (χ1v) is 10.5. The van der Waals surface area contributed by atoms with Crippen LogP contribution in [0.1, 0.15) is 15.9 Å². The van der Waals surface area contributed by atoms with E-state index in [-0.39, 0.29) is 17.0 Å². The molecule has 0 heterocycles. The van der Waals surface area contributed by atoms with Crippen molar-refractivity contribution in [3.63, 3.8) is 0 Å². The Balaban J connectivity index is 2.57. The lowest BCUT2D eigenvalue weighted by Crippen LogP contribution is -2.32. The third-order valence-corrected chi connectivity index (χ3v) is 6.38. The van der Waals surface area contributed by atoms with Gasteiger partial charge in [0.05, 0.1) is 29.8 Å². The summed E-state index contributed by atoms with van der Waals surface area (Å²) in [5, 5.41) is 0. The fourth-order valence-corrected chi connectivity index (χ4v) is 4.34. The van der Waals surface area contributed by atoms with Crippen LogP contribution in [0.2, 0.25) is 0 Å². The van der Waals surface area contributed by atoms with Crippen LogP contribution in [0, 0.1) is 6.92 Å². The SMILES string of the molecule is C=CCN(c1cc(C(=O)OC)ccc1C)S(=O)(=O)c1ccc(SC)cc1. The van der Waals surface area contributed by atoms with Gasteiger partial charge in [0.25, 0.3) is 10.0 Å². The van der Waals surface area contributed by atoms with Gasteiger partial charge in [-0.1, -0.05) is 12.1 Å². The standard InChI is InChI=1S/C19H21NO4S2/c1-5-12-20(18-13-15(19(21)24-3)7-6-14(18)2)26(22,23)17-10-8-16(25-4)9-11-17/h5-11,13H,1,12H2,2-4H3. The molecule has 0 radical (unpaired) electrons. The Morgan fingerprint density at radius 2 is 1.88 bits per heavy atom. The second-order valence-electron chi connectivity index (χ2n) is 5.49. The van der Waals surface area contributed by atoms with Gasteiger partial charge in [0.15, 0.2) is 0 Å². The van der Waals surface area contributed by atoms with Gasteiger partial charge in [-0.25, -0.2) is 13.2 Å². The van der Waals surface area contributed by atoms with E-state index in [0.29, 0.717) is 5.69 Å².